The van der Waals surface area contributed by atoms with Gasteiger partial charge in [0.25, 0.3) is 5.91 Å². The van der Waals surface area contributed by atoms with Gasteiger partial charge in [0.1, 0.15) is 10.7 Å². The van der Waals surface area contributed by atoms with Crippen molar-refractivity contribution in [2.75, 3.05) is 0 Å². The number of carbonyl (C=O) groups excluding carboxylic acids is 1. The van der Waals surface area contributed by atoms with Crippen molar-refractivity contribution in [1.29, 1.82) is 0 Å². The van der Waals surface area contributed by atoms with Crippen LogP contribution in [0.25, 0.3) is 17.0 Å². The molecule has 26 heavy (non-hydrogen) atoms. The van der Waals surface area contributed by atoms with Crippen molar-refractivity contribution in [1.82, 2.24) is 24.9 Å². The topological polar surface area (TPSA) is 72.2 Å². The van der Waals surface area contributed by atoms with Crippen LogP contribution in [0.3, 0.4) is 0 Å². The molecule has 0 radical (unpaired) electrons. The van der Waals surface area contributed by atoms with Crippen LogP contribution in [0.4, 0.5) is 0 Å². The Morgan fingerprint density at radius 2 is 2.04 bits per heavy atom. The van der Waals surface area contributed by atoms with Crippen LogP contribution in [-0.4, -0.2) is 31.0 Å². The van der Waals surface area contributed by atoms with Crippen LogP contribution >= 0.6 is 11.6 Å². The van der Waals surface area contributed by atoms with E-state index in [1.807, 2.05) is 25.1 Å². The van der Waals surface area contributed by atoms with Crippen LogP contribution in [0.1, 0.15) is 42.7 Å². The average molecular weight is 370 g/mol. The highest BCUT2D eigenvalue weighted by molar-refractivity contribution is 6.29. The summed E-state index contributed by atoms with van der Waals surface area (Å²) in [5, 5.41) is 7.86. The van der Waals surface area contributed by atoms with E-state index in [1.54, 1.807) is 16.8 Å². The van der Waals surface area contributed by atoms with E-state index in [0.29, 0.717) is 33.7 Å². The summed E-state index contributed by atoms with van der Waals surface area (Å²) in [7, 11) is 0. The Kier molecular flexibility index (Phi) is 3.95. The first kappa shape index (κ1) is 17.0. The van der Waals surface area contributed by atoms with Gasteiger partial charge in [-0.15, -0.1) is 0 Å². The molecule has 1 aliphatic carbocycles. The maximum Gasteiger partial charge on any atom is 0.257 e. The van der Waals surface area contributed by atoms with Crippen LogP contribution in [0.15, 0.2) is 30.5 Å². The van der Waals surface area contributed by atoms with Crippen LogP contribution in [-0.2, 0) is 0 Å². The van der Waals surface area contributed by atoms with Crippen LogP contribution in [0, 0.1) is 12.8 Å². The second kappa shape index (κ2) is 6.06. The molecule has 6 nitrogen and oxygen atoms in total. The molecule has 0 spiro atoms. The van der Waals surface area contributed by atoms with Gasteiger partial charge in [-0.05, 0) is 57.7 Å². The Bertz CT molecular complexity index is 1010. The van der Waals surface area contributed by atoms with E-state index in [0.717, 1.165) is 18.5 Å². The molecule has 0 aliphatic heterocycles. The van der Waals surface area contributed by atoms with Crippen molar-refractivity contribution in [3.63, 3.8) is 0 Å². The molecule has 1 aliphatic rings. The highest BCUT2D eigenvalue weighted by Crippen LogP contribution is 2.39. The maximum absolute atomic E-state index is 12.8. The quantitative estimate of drug-likeness (QED) is 0.712. The van der Waals surface area contributed by atoms with Crippen LogP contribution in [0.2, 0.25) is 5.15 Å². The molecule has 0 bridgehead atoms. The summed E-state index contributed by atoms with van der Waals surface area (Å²) in [6.45, 7) is 6.05. The molecule has 0 unspecified atom stereocenters. The number of halogens is 1. The fourth-order valence-corrected chi connectivity index (χ4v) is 3.39. The van der Waals surface area contributed by atoms with Gasteiger partial charge < -0.3 is 5.32 Å². The zero-order valence-electron chi connectivity index (χ0n) is 15.0. The first-order valence-electron chi connectivity index (χ1n) is 8.66. The van der Waals surface area contributed by atoms with Gasteiger partial charge in [-0.3, -0.25) is 4.79 Å². The molecule has 1 N–H and O–H groups in total. The smallest absolute Gasteiger partial charge is 0.257 e. The predicted octanol–water partition coefficient (Wildman–Crippen LogP) is 3.67. The maximum atomic E-state index is 12.8. The molecule has 3 aromatic rings. The number of rotatable bonds is 4. The molecular weight excluding hydrogens is 350 g/mol. The molecule has 3 heterocycles. The van der Waals surface area contributed by atoms with Crippen molar-refractivity contribution in [3.05, 3.63) is 46.9 Å². The first-order valence-corrected chi connectivity index (χ1v) is 9.04. The summed E-state index contributed by atoms with van der Waals surface area (Å²) in [4.78, 5) is 21.8. The van der Waals surface area contributed by atoms with Crippen molar-refractivity contribution >= 4 is 23.2 Å². The highest BCUT2D eigenvalue weighted by atomic mass is 35.5. The van der Waals surface area contributed by atoms with E-state index >= 15 is 0 Å². The molecule has 0 atom stereocenters. The third kappa shape index (κ3) is 3.05. The summed E-state index contributed by atoms with van der Waals surface area (Å²) in [5.74, 6) is 0.384. The van der Waals surface area contributed by atoms with Gasteiger partial charge in [0.05, 0.1) is 17.6 Å². The zero-order chi connectivity index (χ0) is 18.5. The molecule has 4 rings (SSSR count). The number of nitrogens with zero attached hydrogens (tertiary/aromatic N) is 4. The lowest BCUT2D eigenvalue weighted by molar-refractivity contribution is 0.0905. The van der Waals surface area contributed by atoms with E-state index in [1.165, 1.54) is 0 Å². The summed E-state index contributed by atoms with van der Waals surface area (Å²) >= 11 is 6.00. The van der Waals surface area contributed by atoms with Gasteiger partial charge in [0.2, 0.25) is 0 Å². The number of nitrogens with one attached hydrogen (secondary N) is 1. The minimum atomic E-state index is -0.230. The van der Waals surface area contributed by atoms with Gasteiger partial charge in [-0.1, -0.05) is 17.7 Å². The lowest BCUT2D eigenvalue weighted by Crippen LogP contribution is -2.45. The molecular formula is C19H20ClN5O. The largest absolute Gasteiger partial charge is 0.347 e. The minimum absolute atomic E-state index is 0.153. The van der Waals surface area contributed by atoms with E-state index < -0.39 is 0 Å². The lowest BCUT2D eigenvalue weighted by Gasteiger charge is -2.25. The molecule has 134 valence electrons. The summed E-state index contributed by atoms with van der Waals surface area (Å²) in [6, 6.07) is 7.27. The average Bonchev–Trinajstić information content (AvgIpc) is 3.35. The number of carbonyl (C=O) groups is 1. The van der Waals surface area contributed by atoms with Gasteiger partial charge in [0.15, 0.2) is 5.65 Å². The fraction of sp³-hybridized carbons (Fsp3) is 0.368. The normalized spacial score (nSPS) is 14.6. The van der Waals surface area contributed by atoms with Crippen LogP contribution < -0.4 is 5.32 Å². The number of hydrogen-bond donors (Lipinski definition) is 1. The third-order valence-corrected chi connectivity index (χ3v) is 5.12. The van der Waals surface area contributed by atoms with Crippen molar-refractivity contribution in [3.8, 4) is 11.4 Å². The second-order valence-corrected chi connectivity index (χ2v) is 7.76. The summed E-state index contributed by atoms with van der Waals surface area (Å²) < 4.78 is 1.67. The monoisotopic (exact) mass is 369 g/mol. The molecule has 7 heteroatoms. The Hall–Kier alpha value is -2.47. The number of fused-ring (bicyclic) bond motifs is 1. The SMILES string of the molecule is Cc1cc(-c2cccc(Cl)n2)nc2c(C(=O)NC(C)(C)C3CC3)cnn12. The molecule has 0 aromatic carbocycles. The standard InChI is InChI=1S/C19H20ClN5O/c1-11-9-15(14-5-4-6-16(20)22-14)23-17-13(10-21-25(11)17)18(26)24-19(2,3)12-7-8-12/h4-6,9-10,12H,7-8H2,1-3H3,(H,24,26). The fourth-order valence-electron chi connectivity index (χ4n) is 3.22. The molecule has 1 amide bonds. The number of aromatic nitrogens is 4. The number of amides is 1. The van der Waals surface area contributed by atoms with E-state index in [4.69, 9.17) is 11.6 Å². The summed E-state index contributed by atoms with van der Waals surface area (Å²) in [5.41, 5.74) is 2.94. The van der Waals surface area contributed by atoms with E-state index in [9.17, 15) is 4.79 Å². The van der Waals surface area contributed by atoms with Crippen molar-refractivity contribution in [2.45, 2.75) is 39.2 Å². The Balaban J connectivity index is 1.75. The highest BCUT2D eigenvalue weighted by Gasteiger charge is 2.39. The minimum Gasteiger partial charge on any atom is -0.347 e. The Morgan fingerprint density at radius 1 is 1.27 bits per heavy atom. The first-order chi connectivity index (χ1) is 12.3. The third-order valence-electron chi connectivity index (χ3n) is 4.91. The molecule has 0 saturated heterocycles. The zero-order valence-corrected chi connectivity index (χ0v) is 15.7. The predicted molar refractivity (Wildman–Crippen MR) is 100 cm³/mol. The lowest BCUT2D eigenvalue weighted by atomic mass is 9.98. The van der Waals surface area contributed by atoms with Gasteiger partial charge in [0, 0.05) is 11.2 Å². The van der Waals surface area contributed by atoms with Gasteiger partial charge in [-0.2, -0.15) is 5.10 Å². The van der Waals surface area contributed by atoms with Crippen molar-refractivity contribution < 1.29 is 4.79 Å². The van der Waals surface area contributed by atoms with E-state index in [-0.39, 0.29) is 11.4 Å². The van der Waals surface area contributed by atoms with Crippen LogP contribution in [0.5, 0.6) is 0 Å². The summed E-state index contributed by atoms with van der Waals surface area (Å²) in [6.07, 6.45) is 3.89. The second-order valence-electron chi connectivity index (χ2n) is 7.37. The van der Waals surface area contributed by atoms with Gasteiger partial charge in [-0.25, -0.2) is 14.5 Å². The number of hydrogen-bond acceptors (Lipinski definition) is 4. The Labute approximate surface area is 156 Å². The number of pyridine rings is 1. The molecule has 1 saturated carbocycles. The van der Waals surface area contributed by atoms with E-state index in [2.05, 4.69) is 34.2 Å². The molecule has 3 aromatic heterocycles. The van der Waals surface area contributed by atoms with Crippen molar-refractivity contribution in [2.24, 2.45) is 5.92 Å². The number of aryl methyl sites for hydroxylation is 1. The Morgan fingerprint density at radius 3 is 2.73 bits per heavy atom. The van der Waals surface area contributed by atoms with Gasteiger partial charge >= 0.3 is 0 Å². The molecule has 1 fully saturated rings.